The van der Waals surface area contributed by atoms with Crippen molar-refractivity contribution in [3.63, 3.8) is 0 Å². The summed E-state index contributed by atoms with van der Waals surface area (Å²) in [6.07, 6.45) is -0.635. The predicted molar refractivity (Wildman–Crippen MR) is 47.6 cm³/mol. The lowest BCUT2D eigenvalue weighted by Gasteiger charge is -2.04. The van der Waals surface area contributed by atoms with E-state index < -0.39 is 35.4 Å². The van der Waals surface area contributed by atoms with Crippen LogP contribution < -0.4 is 11.4 Å². The molecule has 0 unspecified atom stereocenters. The smallest absolute Gasteiger partial charge is 0.347 e. The molecule has 0 aliphatic heterocycles. The fourth-order valence-electron chi connectivity index (χ4n) is 1.06. The number of aromatic nitrogens is 2. The number of aromatic carboxylic acids is 1. The Balaban J connectivity index is 3.39. The van der Waals surface area contributed by atoms with Crippen LogP contribution in [-0.4, -0.2) is 32.1 Å². The van der Waals surface area contributed by atoms with Crippen molar-refractivity contribution in [2.75, 3.05) is 5.73 Å². The molecule has 0 saturated carbocycles. The largest absolute Gasteiger partial charge is 0.481 e. The molecule has 0 spiro atoms. The van der Waals surface area contributed by atoms with E-state index in [2.05, 4.69) is 4.98 Å². The van der Waals surface area contributed by atoms with Crippen LogP contribution in [0, 0.1) is 0 Å². The van der Waals surface area contributed by atoms with Gasteiger partial charge in [-0.05, 0) is 0 Å². The second kappa shape index (κ2) is 3.78. The fourth-order valence-corrected chi connectivity index (χ4v) is 1.06. The van der Waals surface area contributed by atoms with Gasteiger partial charge in [0.25, 0.3) is 0 Å². The molecule has 80 valence electrons. The molecule has 1 rings (SSSR count). The topological polar surface area (TPSA) is 146 Å². The van der Waals surface area contributed by atoms with E-state index in [1.165, 1.54) is 0 Å². The third kappa shape index (κ3) is 2.30. The lowest BCUT2D eigenvalue weighted by molar-refractivity contribution is -0.136. The summed E-state index contributed by atoms with van der Waals surface area (Å²) >= 11 is 0. The zero-order chi connectivity index (χ0) is 11.6. The van der Waals surface area contributed by atoms with Crippen molar-refractivity contribution in [2.24, 2.45) is 0 Å². The Hall–Kier alpha value is -2.38. The van der Waals surface area contributed by atoms with E-state index in [-0.39, 0.29) is 5.69 Å². The molecular formula is C7H7N3O5. The van der Waals surface area contributed by atoms with Crippen LogP contribution in [0.5, 0.6) is 0 Å². The van der Waals surface area contributed by atoms with Crippen molar-refractivity contribution in [1.82, 2.24) is 9.97 Å². The number of nitrogen functional groups attached to an aromatic ring is 1. The van der Waals surface area contributed by atoms with Gasteiger partial charge in [0.1, 0.15) is 11.4 Å². The minimum atomic E-state index is -1.44. The molecule has 0 bridgehead atoms. The normalized spacial score (nSPS) is 9.87. The van der Waals surface area contributed by atoms with Gasteiger partial charge in [-0.3, -0.25) is 4.79 Å². The Kier molecular flexibility index (Phi) is 2.70. The first-order valence-corrected chi connectivity index (χ1v) is 3.75. The molecule has 0 radical (unpaired) electrons. The van der Waals surface area contributed by atoms with Crippen LogP contribution in [0.1, 0.15) is 16.1 Å². The van der Waals surface area contributed by atoms with Crippen molar-refractivity contribution in [1.29, 1.82) is 0 Å². The average molecular weight is 213 g/mol. The molecule has 1 heterocycles. The molecule has 0 aliphatic rings. The van der Waals surface area contributed by atoms with Crippen molar-refractivity contribution >= 4 is 17.8 Å². The minimum Gasteiger partial charge on any atom is -0.481 e. The van der Waals surface area contributed by atoms with Gasteiger partial charge in [0.15, 0.2) is 0 Å². The number of H-pyrrole nitrogens is 1. The molecule has 0 atom stereocenters. The molecule has 0 amide bonds. The second-order valence-electron chi connectivity index (χ2n) is 2.66. The van der Waals surface area contributed by atoms with Gasteiger partial charge in [-0.2, -0.15) is 4.98 Å². The number of anilines is 1. The van der Waals surface area contributed by atoms with E-state index >= 15 is 0 Å². The number of rotatable bonds is 3. The molecule has 0 aromatic carbocycles. The first-order chi connectivity index (χ1) is 6.91. The Morgan fingerprint density at radius 2 is 2.00 bits per heavy atom. The van der Waals surface area contributed by atoms with Gasteiger partial charge in [0.2, 0.25) is 0 Å². The number of carbonyl (C=O) groups is 2. The number of aliphatic carboxylic acids is 1. The zero-order valence-corrected chi connectivity index (χ0v) is 7.35. The van der Waals surface area contributed by atoms with Gasteiger partial charge >= 0.3 is 17.6 Å². The number of aromatic amines is 1. The predicted octanol–water partition coefficient (Wildman–Crippen LogP) is -1.32. The van der Waals surface area contributed by atoms with Crippen molar-refractivity contribution in [3.05, 3.63) is 21.7 Å². The fraction of sp³-hybridized carbons (Fsp3) is 0.143. The van der Waals surface area contributed by atoms with Gasteiger partial charge < -0.3 is 20.9 Å². The van der Waals surface area contributed by atoms with Crippen LogP contribution in [-0.2, 0) is 11.2 Å². The first kappa shape index (κ1) is 10.7. The highest BCUT2D eigenvalue weighted by molar-refractivity contribution is 5.94. The van der Waals surface area contributed by atoms with Crippen LogP contribution in [0.3, 0.4) is 0 Å². The molecule has 1 aromatic rings. The molecule has 5 N–H and O–H groups in total. The molecule has 0 fully saturated rings. The van der Waals surface area contributed by atoms with E-state index in [0.717, 1.165) is 0 Å². The standard InChI is InChI=1S/C7H7N3O5/c8-5-4(6(13)14)2(1-3(11)12)9-7(15)10-5/h1H2,(H,11,12)(H,13,14)(H3,8,9,10,15). The summed E-state index contributed by atoms with van der Waals surface area (Å²) in [5.41, 5.74) is 3.55. The van der Waals surface area contributed by atoms with Crippen LogP contribution in [0.25, 0.3) is 0 Å². The summed E-state index contributed by atoms with van der Waals surface area (Å²) in [4.78, 5) is 37.1. The monoisotopic (exact) mass is 213 g/mol. The minimum absolute atomic E-state index is 0.271. The third-order valence-electron chi connectivity index (χ3n) is 1.58. The maximum Gasteiger partial charge on any atom is 0.347 e. The Morgan fingerprint density at radius 1 is 1.40 bits per heavy atom. The van der Waals surface area contributed by atoms with Crippen molar-refractivity contribution in [3.8, 4) is 0 Å². The third-order valence-corrected chi connectivity index (χ3v) is 1.58. The second-order valence-corrected chi connectivity index (χ2v) is 2.66. The van der Waals surface area contributed by atoms with Crippen LogP contribution >= 0.6 is 0 Å². The number of carboxylic acid groups (broad SMARTS) is 2. The molecule has 15 heavy (non-hydrogen) atoms. The van der Waals surface area contributed by atoms with E-state index in [0.29, 0.717) is 0 Å². The highest BCUT2D eigenvalue weighted by atomic mass is 16.4. The lowest BCUT2D eigenvalue weighted by Crippen LogP contribution is -2.22. The molecule has 8 heteroatoms. The Morgan fingerprint density at radius 3 is 2.47 bits per heavy atom. The van der Waals surface area contributed by atoms with Crippen molar-refractivity contribution in [2.45, 2.75) is 6.42 Å². The highest BCUT2D eigenvalue weighted by Gasteiger charge is 2.18. The summed E-state index contributed by atoms with van der Waals surface area (Å²) in [7, 11) is 0. The first-order valence-electron chi connectivity index (χ1n) is 3.75. The maximum atomic E-state index is 10.8. The summed E-state index contributed by atoms with van der Waals surface area (Å²) in [6.45, 7) is 0. The average Bonchev–Trinajstić information content (AvgIpc) is 1.99. The number of nitrogens with two attached hydrogens (primary N) is 1. The van der Waals surface area contributed by atoms with Crippen LogP contribution in [0.4, 0.5) is 5.82 Å². The van der Waals surface area contributed by atoms with Gasteiger partial charge in [0, 0.05) is 5.69 Å². The molecule has 0 aliphatic carbocycles. The highest BCUT2D eigenvalue weighted by Crippen LogP contribution is 2.10. The zero-order valence-electron chi connectivity index (χ0n) is 7.35. The maximum absolute atomic E-state index is 10.8. The summed E-state index contributed by atoms with van der Waals surface area (Å²) in [5, 5.41) is 17.2. The van der Waals surface area contributed by atoms with Gasteiger partial charge in [-0.25, -0.2) is 9.59 Å². The van der Waals surface area contributed by atoms with Gasteiger partial charge in [0.05, 0.1) is 6.42 Å². The quantitative estimate of drug-likeness (QED) is 0.486. The summed E-state index contributed by atoms with van der Waals surface area (Å²) < 4.78 is 0. The van der Waals surface area contributed by atoms with Crippen LogP contribution in [0.15, 0.2) is 4.79 Å². The van der Waals surface area contributed by atoms with E-state index in [1.54, 1.807) is 0 Å². The molecule has 8 nitrogen and oxygen atoms in total. The number of carboxylic acids is 2. The number of hydrogen-bond acceptors (Lipinski definition) is 5. The van der Waals surface area contributed by atoms with E-state index in [9.17, 15) is 14.4 Å². The molecular weight excluding hydrogens is 206 g/mol. The van der Waals surface area contributed by atoms with Crippen molar-refractivity contribution < 1.29 is 19.8 Å². The summed E-state index contributed by atoms with van der Waals surface area (Å²) in [6, 6.07) is 0. The van der Waals surface area contributed by atoms with Gasteiger partial charge in [-0.1, -0.05) is 0 Å². The number of nitrogens with zero attached hydrogens (tertiary/aromatic N) is 1. The van der Waals surface area contributed by atoms with Gasteiger partial charge in [-0.15, -0.1) is 0 Å². The SMILES string of the molecule is Nc1nc(=O)[nH]c(CC(=O)O)c1C(=O)O. The van der Waals surface area contributed by atoms with Crippen LogP contribution in [0.2, 0.25) is 0 Å². The number of hydrogen-bond donors (Lipinski definition) is 4. The molecule has 0 saturated heterocycles. The Labute approximate surface area is 82.4 Å². The molecule has 1 aromatic heterocycles. The summed E-state index contributed by atoms with van der Waals surface area (Å²) in [5.74, 6) is -3.21. The van der Waals surface area contributed by atoms with E-state index in [4.69, 9.17) is 15.9 Å². The lowest BCUT2D eigenvalue weighted by atomic mass is 10.1. The Bertz CT molecular complexity index is 478. The number of nitrogens with one attached hydrogen (secondary N) is 1. The van der Waals surface area contributed by atoms with E-state index in [1.807, 2.05) is 4.98 Å².